The van der Waals surface area contributed by atoms with Crippen LogP contribution < -0.4 is 11.1 Å². The van der Waals surface area contributed by atoms with Gasteiger partial charge in [0.25, 0.3) is 0 Å². The predicted molar refractivity (Wildman–Crippen MR) is 87.0 cm³/mol. The van der Waals surface area contributed by atoms with Crippen molar-refractivity contribution in [1.29, 1.82) is 0 Å². The summed E-state index contributed by atoms with van der Waals surface area (Å²) in [7, 11) is 0. The Kier molecular flexibility index (Phi) is 5.02. The minimum atomic E-state index is -0.515. The molecule has 1 amide bonds. The van der Waals surface area contributed by atoms with Gasteiger partial charge in [0.2, 0.25) is 5.91 Å². The molecule has 0 fully saturated rings. The Balaban J connectivity index is 1.97. The summed E-state index contributed by atoms with van der Waals surface area (Å²) in [5.41, 5.74) is 8.22. The van der Waals surface area contributed by atoms with Gasteiger partial charge < -0.3 is 16.0 Å². The lowest BCUT2D eigenvalue weighted by Gasteiger charge is -2.19. The van der Waals surface area contributed by atoms with E-state index in [4.69, 9.17) is 5.73 Å². The van der Waals surface area contributed by atoms with Crippen molar-refractivity contribution in [1.82, 2.24) is 10.3 Å². The third-order valence-electron chi connectivity index (χ3n) is 3.67. The van der Waals surface area contributed by atoms with E-state index in [1.807, 2.05) is 37.4 Å². The highest BCUT2D eigenvalue weighted by atomic mass is 16.2. The zero-order valence-corrected chi connectivity index (χ0v) is 13.0. The molecule has 0 radical (unpaired) electrons. The Morgan fingerprint density at radius 1 is 1.29 bits per heavy atom. The maximum atomic E-state index is 12.2. The molecule has 0 saturated heterocycles. The molecule has 4 nitrogen and oxygen atoms in total. The minimum Gasteiger partial charge on any atom is -0.361 e. The van der Waals surface area contributed by atoms with Crippen LogP contribution in [0.1, 0.15) is 32.8 Å². The number of hydrogen-bond acceptors (Lipinski definition) is 2. The average molecular weight is 287 g/mol. The summed E-state index contributed by atoms with van der Waals surface area (Å²) >= 11 is 0. The average Bonchev–Trinajstić information content (AvgIpc) is 2.81. The maximum Gasteiger partial charge on any atom is 0.237 e. The number of H-pyrrole nitrogens is 1. The first kappa shape index (κ1) is 15.6. The molecule has 0 aliphatic rings. The van der Waals surface area contributed by atoms with Crippen molar-refractivity contribution in [3.8, 4) is 0 Å². The smallest absolute Gasteiger partial charge is 0.237 e. The summed E-state index contributed by atoms with van der Waals surface area (Å²) in [6, 6.07) is 7.70. The Bertz CT molecular complexity index is 603. The molecule has 4 heteroatoms. The van der Waals surface area contributed by atoms with E-state index in [1.54, 1.807) is 0 Å². The number of carbonyl (C=O) groups is 1. The molecular formula is C17H25N3O. The molecule has 114 valence electrons. The summed E-state index contributed by atoms with van der Waals surface area (Å²) < 4.78 is 0. The van der Waals surface area contributed by atoms with E-state index in [-0.39, 0.29) is 11.9 Å². The van der Waals surface area contributed by atoms with Crippen LogP contribution in [-0.4, -0.2) is 23.0 Å². The van der Waals surface area contributed by atoms with E-state index in [9.17, 15) is 4.79 Å². The number of amides is 1. The van der Waals surface area contributed by atoms with E-state index in [2.05, 4.69) is 24.1 Å². The van der Waals surface area contributed by atoms with Crippen molar-refractivity contribution in [3.05, 3.63) is 36.0 Å². The highest BCUT2D eigenvalue weighted by Gasteiger charge is 2.18. The molecular weight excluding hydrogens is 262 g/mol. The second-order valence-electron chi connectivity index (χ2n) is 6.21. The number of aromatic nitrogens is 1. The van der Waals surface area contributed by atoms with Gasteiger partial charge in [-0.2, -0.15) is 0 Å². The molecule has 0 saturated carbocycles. The monoisotopic (exact) mass is 287 g/mol. The highest BCUT2D eigenvalue weighted by Crippen LogP contribution is 2.18. The topological polar surface area (TPSA) is 70.9 Å². The number of fused-ring (bicyclic) bond motifs is 1. The Morgan fingerprint density at radius 2 is 2.00 bits per heavy atom. The van der Waals surface area contributed by atoms with Crippen LogP contribution >= 0.6 is 0 Å². The predicted octanol–water partition coefficient (Wildman–Crippen LogP) is 2.59. The summed E-state index contributed by atoms with van der Waals surface area (Å²) in [6.45, 7) is 6.32. The Morgan fingerprint density at radius 3 is 2.71 bits per heavy atom. The van der Waals surface area contributed by atoms with Crippen LogP contribution in [-0.2, 0) is 11.2 Å². The lowest BCUT2D eigenvalue weighted by Crippen LogP contribution is -2.45. The van der Waals surface area contributed by atoms with E-state index in [0.29, 0.717) is 12.3 Å². The van der Waals surface area contributed by atoms with Crippen LogP contribution in [0.3, 0.4) is 0 Å². The van der Waals surface area contributed by atoms with Crippen molar-refractivity contribution in [2.24, 2.45) is 11.7 Å². The molecule has 2 rings (SSSR count). The molecule has 2 aromatic rings. The maximum absolute atomic E-state index is 12.2. The summed E-state index contributed by atoms with van der Waals surface area (Å²) in [5, 5.41) is 4.13. The third kappa shape index (κ3) is 4.08. The van der Waals surface area contributed by atoms with Crippen LogP contribution in [0.4, 0.5) is 0 Å². The van der Waals surface area contributed by atoms with Crippen LogP contribution in [0, 0.1) is 5.92 Å². The number of carbonyl (C=O) groups excluding carboxylic acids is 1. The SMILES string of the molecule is CC(C)CC(C)NC(=O)C(N)Cc1c[nH]c2ccccc12. The Hall–Kier alpha value is -1.81. The largest absolute Gasteiger partial charge is 0.361 e. The van der Waals surface area contributed by atoms with E-state index < -0.39 is 6.04 Å². The van der Waals surface area contributed by atoms with Crippen LogP contribution in [0.25, 0.3) is 10.9 Å². The van der Waals surface area contributed by atoms with Crippen molar-refractivity contribution in [2.45, 2.75) is 45.7 Å². The number of nitrogens with one attached hydrogen (secondary N) is 2. The molecule has 0 bridgehead atoms. The minimum absolute atomic E-state index is 0.0755. The number of aromatic amines is 1. The van der Waals surface area contributed by atoms with E-state index >= 15 is 0 Å². The number of rotatable bonds is 6. The van der Waals surface area contributed by atoms with E-state index in [1.165, 1.54) is 0 Å². The first-order valence-electron chi connectivity index (χ1n) is 7.58. The van der Waals surface area contributed by atoms with Gasteiger partial charge in [-0.05, 0) is 37.3 Å². The van der Waals surface area contributed by atoms with Gasteiger partial charge >= 0.3 is 0 Å². The van der Waals surface area contributed by atoms with Gasteiger partial charge in [0.15, 0.2) is 0 Å². The number of benzene rings is 1. The van der Waals surface area contributed by atoms with E-state index in [0.717, 1.165) is 22.9 Å². The fourth-order valence-corrected chi connectivity index (χ4v) is 2.75. The first-order valence-corrected chi connectivity index (χ1v) is 7.58. The zero-order chi connectivity index (χ0) is 15.4. The van der Waals surface area contributed by atoms with Gasteiger partial charge in [-0.25, -0.2) is 0 Å². The molecule has 0 spiro atoms. The quantitative estimate of drug-likeness (QED) is 0.764. The summed E-state index contributed by atoms with van der Waals surface area (Å²) in [5.74, 6) is 0.485. The van der Waals surface area contributed by atoms with Gasteiger partial charge in [0, 0.05) is 23.1 Å². The van der Waals surface area contributed by atoms with Crippen molar-refractivity contribution in [2.75, 3.05) is 0 Å². The first-order chi connectivity index (χ1) is 9.97. The normalized spacial score (nSPS) is 14.3. The van der Waals surface area contributed by atoms with Gasteiger partial charge in [-0.15, -0.1) is 0 Å². The van der Waals surface area contributed by atoms with Crippen LogP contribution in [0.5, 0.6) is 0 Å². The number of hydrogen-bond donors (Lipinski definition) is 3. The fraction of sp³-hybridized carbons (Fsp3) is 0.471. The lowest BCUT2D eigenvalue weighted by atomic mass is 10.0. The van der Waals surface area contributed by atoms with Crippen LogP contribution in [0.15, 0.2) is 30.5 Å². The second kappa shape index (κ2) is 6.76. The molecule has 21 heavy (non-hydrogen) atoms. The molecule has 0 aliphatic carbocycles. The third-order valence-corrected chi connectivity index (χ3v) is 3.67. The van der Waals surface area contributed by atoms with Crippen molar-refractivity contribution < 1.29 is 4.79 Å². The molecule has 1 aromatic heterocycles. The number of nitrogens with two attached hydrogens (primary N) is 1. The van der Waals surface area contributed by atoms with Gasteiger partial charge in [-0.3, -0.25) is 4.79 Å². The second-order valence-corrected chi connectivity index (χ2v) is 6.21. The zero-order valence-electron chi connectivity index (χ0n) is 13.0. The lowest BCUT2D eigenvalue weighted by molar-refractivity contribution is -0.123. The highest BCUT2D eigenvalue weighted by molar-refractivity contribution is 5.86. The molecule has 1 heterocycles. The molecule has 2 unspecified atom stereocenters. The fourth-order valence-electron chi connectivity index (χ4n) is 2.75. The van der Waals surface area contributed by atoms with Gasteiger partial charge in [0.1, 0.15) is 0 Å². The van der Waals surface area contributed by atoms with Crippen molar-refractivity contribution >= 4 is 16.8 Å². The van der Waals surface area contributed by atoms with Crippen LogP contribution in [0.2, 0.25) is 0 Å². The standard InChI is InChI=1S/C17H25N3O/c1-11(2)8-12(3)20-17(21)15(18)9-13-10-19-16-7-5-4-6-14(13)16/h4-7,10-12,15,19H,8-9,18H2,1-3H3,(H,20,21). The van der Waals surface area contributed by atoms with Crippen molar-refractivity contribution in [3.63, 3.8) is 0 Å². The van der Waals surface area contributed by atoms with Gasteiger partial charge in [-0.1, -0.05) is 32.0 Å². The Labute approximate surface area is 126 Å². The summed E-state index contributed by atoms with van der Waals surface area (Å²) in [4.78, 5) is 15.4. The molecule has 4 N–H and O–H groups in total. The molecule has 2 atom stereocenters. The molecule has 0 aliphatic heterocycles. The molecule has 1 aromatic carbocycles. The van der Waals surface area contributed by atoms with Gasteiger partial charge in [0.05, 0.1) is 6.04 Å². The summed E-state index contributed by atoms with van der Waals surface area (Å²) in [6.07, 6.45) is 3.45. The number of para-hydroxylation sites is 1.